The van der Waals surface area contributed by atoms with Crippen LogP contribution in [0.1, 0.15) is 22.5 Å². The molecule has 0 bridgehead atoms. The third-order valence-corrected chi connectivity index (χ3v) is 4.43. The van der Waals surface area contributed by atoms with Crippen LogP contribution < -0.4 is 5.32 Å². The molecule has 5 nitrogen and oxygen atoms in total. The lowest BCUT2D eigenvalue weighted by Crippen LogP contribution is -2.33. The van der Waals surface area contributed by atoms with Gasteiger partial charge in [0.15, 0.2) is 0 Å². The third-order valence-electron chi connectivity index (χ3n) is 3.49. The highest BCUT2D eigenvalue weighted by atomic mass is 32.1. The first-order valence-corrected chi connectivity index (χ1v) is 7.33. The van der Waals surface area contributed by atoms with Gasteiger partial charge in [-0.3, -0.25) is 4.68 Å². The molecule has 19 heavy (non-hydrogen) atoms. The minimum atomic E-state index is 0.0878. The highest BCUT2D eigenvalue weighted by Gasteiger charge is 2.21. The summed E-state index contributed by atoms with van der Waals surface area (Å²) in [6.07, 6.45) is 0.0878. The molecular weight excluding hydrogens is 260 g/mol. The number of ether oxygens (including phenoxy) is 1. The van der Waals surface area contributed by atoms with Crippen LogP contribution in [0.2, 0.25) is 0 Å². The fourth-order valence-electron chi connectivity index (χ4n) is 2.42. The number of thiazole rings is 1. The van der Waals surface area contributed by atoms with E-state index in [0.29, 0.717) is 0 Å². The Hall–Kier alpha value is -1.24. The molecule has 0 amide bonds. The summed E-state index contributed by atoms with van der Waals surface area (Å²) in [7, 11) is 1.97. The minimum absolute atomic E-state index is 0.0878. The van der Waals surface area contributed by atoms with Gasteiger partial charge in [0.1, 0.15) is 11.1 Å². The van der Waals surface area contributed by atoms with Crippen molar-refractivity contribution in [3.05, 3.63) is 21.8 Å². The Morgan fingerprint density at radius 3 is 2.95 bits per heavy atom. The van der Waals surface area contributed by atoms with Crippen LogP contribution in [0.25, 0.3) is 11.3 Å². The van der Waals surface area contributed by atoms with Crippen molar-refractivity contribution in [3.8, 4) is 11.3 Å². The molecule has 0 spiro atoms. The first kappa shape index (κ1) is 12.8. The van der Waals surface area contributed by atoms with Gasteiger partial charge >= 0.3 is 0 Å². The predicted molar refractivity (Wildman–Crippen MR) is 75.4 cm³/mol. The second-order valence-corrected chi connectivity index (χ2v) is 5.69. The van der Waals surface area contributed by atoms with Crippen LogP contribution in [-0.2, 0) is 11.8 Å². The SMILES string of the molecule is Cc1nn(C)c(C)c1-c1csc(C2CNCCO2)n1. The van der Waals surface area contributed by atoms with Gasteiger partial charge in [0.25, 0.3) is 0 Å². The average Bonchev–Trinajstić information content (AvgIpc) is 2.97. The van der Waals surface area contributed by atoms with Gasteiger partial charge in [-0.05, 0) is 13.8 Å². The van der Waals surface area contributed by atoms with Gasteiger partial charge in [0.05, 0.1) is 18.0 Å². The van der Waals surface area contributed by atoms with Crippen molar-refractivity contribution in [1.29, 1.82) is 0 Å². The number of morpholine rings is 1. The van der Waals surface area contributed by atoms with Crippen molar-refractivity contribution in [3.63, 3.8) is 0 Å². The molecule has 3 heterocycles. The summed E-state index contributed by atoms with van der Waals surface area (Å²) in [5.74, 6) is 0. The zero-order chi connectivity index (χ0) is 13.4. The van der Waals surface area contributed by atoms with Crippen LogP contribution in [0, 0.1) is 13.8 Å². The number of hydrogen-bond acceptors (Lipinski definition) is 5. The van der Waals surface area contributed by atoms with Crippen molar-refractivity contribution < 1.29 is 4.74 Å². The Morgan fingerprint density at radius 2 is 2.32 bits per heavy atom. The van der Waals surface area contributed by atoms with Gasteiger partial charge in [-0.15, -0.1) is 11.3 Å². The molecule has 102 valence electrons. The number of aryl methyl sites for hydroxylation is 2. The molecule has 0 radical (unpaired) electrons. The zero-order valence-electron chi connectivity index (χ0n) is 11.4. The highest BCUT2D eigenvalue weighted by Crippen LogP contribution is 2.31. The summed E-state index contributed by atoms with van der Waals surface area (Å²) >= 11 is 1.66. The molecule has 1 saturated heterocycles. The van der Waals surface area contributed by atoms with Gasteiger partial charge in [0.2, 0.25) is 0 Å². The Bertz CT molecular complexity index is 583. The first-order chi connectivity index (χ1) is 9.16. The average molecular weight is 278 g/mol. The Morgan fingerprint density at radius 1 is 1.47 bits per heavy atom. The maximum atomic E-state index is 5.74. The summed E-state index contributed by atoms with van der Waals surface area (Å²) in [5, 5.41) is 10.9. The summed E-state index contributed by atoms with van der Waals surface area (Å²) in [5.41, 5.74) is 4.34. The van der Waals surface area contributed by atoms with E-state index in [2.05, 4.69) is 22.7 Å². The maximum Gasteiger partial charge on any atom is 0.124 e. The van der Waals surface area contributed by atoms with E-state index in [1.807, 2.05) is 18.7 Å². The Labute approximate surface area is 116 Å². The van der Waals surface area contributed by atoms with Crippen molar-refractivity contribution in [2.75, 3.05) is 19.7 Å². The van der Waals surface area contributed by atoms with Crippen LogP contribution in [0.3, 0.4) is 0 Å². The molecule has 0 aliphatic carbocycles. The number of nitrogens with zero attached hydrogens (tertiary/aromatic N) is 3. The van der Waals surface area contributed by atoms with Crippen LogP contribution in [0.4, 0.5) is 0 Å². The van der Waals surface area contributed by atoms with Crippen LogP contribution in [0.5, 0.6) is 0 Å². The highest BCUT2D eigenvalue weighted by molar-refractivity contribution is 7.10. The van der Waals surface area contributed by atoms with Crippen LogP contribution >= 0.6 is 11.3 Å². The molecule has 2 aromatic rings. The van der Waals surface area contributed by atoms with Crippen LogP contribution in [-0.4, -0.2) is 34.5 Å². The maximum absolute atomic E-state index is 5.74. The molecule has 1 fully saturated rings. The molecule has 1 atom stereocenters. The summed E-state index contributed by atoms with van der Waals surface area (Å²) in [6.45, 7) is 6.63. The number of aromatic nitrogens is 3. The number of rotatable bonds is 2. The predicted octanol–water partition coefficient (Wildman–Crippen LogP) is 1.82. The van der Waals surface area contributed by atoms with E-state index in [1.54, 1.807) is 11.3 Å². The molecular formula is C13H18N4OS. The molecule has 3 rings (SSSR count). The van der Waals surface area contributed by atoms with Gasteiger partial charge in [-0.25, -0.2) is 4.98 Å². The van der Waals surface area contributed by atoms with Gasteiger partial charge in [-0.2, -0.15) is 5.10 Å². The van der Waals surface area contributed by atoms with E-state index in [9.17, 15) is 0 Å². The van der Waals surface area contributed by atoms with Crippen molar-refractivity contribution in [1.82, 2.24) is 20.1 Å². The van der Waals surface area contributed by atoms with E-state index in [-0.39, 0.29) is 6.10 Å². The summed E-state index contributed by atoms with van der Waals surface area (Å²) in [6, 6.07) is 0. The smallest absolute Gasteiger partial charge is 0.124 e. The largest absolute Gasteiger partial charge is 0.368 e. The van der Waals surface area contributed by atoms with Crippen LogP contribution in [0.15, 0.2) is 5.38 Å². The molecule has 1 aliphatic rings. The minimum Gasteiger partial charge on any atom is -0.368 e. The third kappa shape index (κ3) is 2.31. The molecule has 1 unspecified atom stereocenters. The monoisotopic (exact) mass is 278 g/mol. The first-order valence-electron chi connectivity index (χ1n) is 6.45. The Balaban J connectivity index is 1.92. The lowest BCUT2D eigenvalue weighted by Gasteiger charge is -2.21. The fraction of sp³-hybridized carbons (Fsp3) is 0.538. The number of nitrogens with one attached hydrogen (secondary N) is 1. The standard InChI is InChI=1S/C13H18N4OS/c1-8-12(9(2)17(3)16-8)10-7-19-13(15-10)11-6-14-4-5-18-11/h7,11,14H,4-6H2,1-3H3. The molecule has 1 N–H and O–H groups in total. The lowest BCUT2D eigenvalue weighted by atomic mass is 10.1. The molecule has 0 saturated carbocycles. The normalized spacial score (nSPS) is 19.8. The summed E-state index contributed by atoms with van der Waals surface area (Å²) < 4.78 is 7.65. The lowest BCUT2D eigenvalue weighted by molar-refractivity contribution is 0.0276. The Kier molecular flexibility index (Phi) is 3.38. The number of hydrogen-bond donors (Lipinski definition) is 1. The van der Waals surface area contributed by atoms with E-state index < -0.39 is 0 Å². The van der Waals surface area contributed by atoms with Crippen molar-refractivity contribution in [2.24, 2.45) is 7.05 Å². The zero-order valence-corrected chi connectivity index (χ0v) is 12.3. The summed E-state index contributed by atoms with van der Waals surface area (Å²) in [4.78, 5) is 4.74. The molecule has 0 aromatic carbocycles. The molecule has 2 aromatic heterocycles. The van der Waals surface area contributed by atoms with Gasteiger partial charge in [-0.1, -0.05) is 0 Å². The van der Waals surface area contributed by atoms with Crippen molar-refractivity contribution >= 4 is 11.3 Å². The molecule has 6 heteroatoms. The fourth-order valence-corrected chi connectivity index (χ4v) is 3.28. The topological polar surface area (TPSA) is 52.0 Å². The van der Waals surface area contributed by atoms with Gasteiger partial charge in [0, 0.05) is 36.8 Å². The van der Waals surface area contributed by atoms with E-state index in [0.717, 1.165) is 47.3 Å². The van der Waals surface area contributed by atoms with E-state index in [1.165, 1.54) is 0 Å². The van der Waals surface area contributed by atoms with Crippen molar-refractivity contribution in [2.45, 2.75) is 20.0 Å². The molecule has 1 aliphatic heterocycles. The van der Waals surface area contributed by atoms with E-state index >= 15 is 0 Å². The van der Waals surface area contributed by atoms with E-state index in [4.69, 9.17) is 9.72 Å². The second-order valence-electron chi connectivity index (χ2n) is 4.80. The second kappa shape index (κ2) is 5.03. The quantitative estimate of drug-likeness (QED) is 0.910. The van der Waals surface area contributed by atoms with Gasteiger partial charge < -0.3 is 10.1 Å².